The number of halogens is 1. The average molecular weight is 366 g/mol. The number of hydrogen-bond donors (Lipinski definition) is 0. The van der Waals surface area contributed by atoms with Crippen molar-refractivity contribution in [2.24, 2.45) is 0 Å². The molecule has 1 aliphatic rings. The van der Waals surface area contributed by atoms with Crippen LogP contribution < -0.4 is 0 Å². The third-order valence-electron chi connectivity index (χ3n) is 3.98. The first-order valence-corrected chi connectivity index (χ1v) is 7.70. The highest BCUT2D eigenvalue weighted by atomic mass is 79.9. The topological polar surface area (TPSA) is 66.2 Å². The first-order valence-electron chi connectivity index (χ1n) is 6.90. The number of carbonyl (C=O) groups excluding carboxylic acids is 1. The highest BCUT2D eigenvalue weighted by Gasteiger charge is 2.35. The SMILES string of the molecule is COC(=O)Cc1nnn2c1[C@H](C)[C@@H](OC)c1cc(Br)ccc1-2. The van der Waals surface area contributed by atoms with Crippen LogP contribution in [0.3, 0.4) is 0 Å². The molecule has 116 valence electrons. The minimum atomic E-state index is -0.328. The van der Waals surface area contributed by atoms with E-state index in [1.807, 2.05) is 25.1 Å². The van der Waals surface area contributed by atoms with E-state index in [-0.39, 0.29) is 24.4 Å². The summed E-state index contributed by atoms with van der Waals surface area (Å²) in [5.74, 6) is -0.299. The number of aromatic nitrogens is 3. The Balaban J connectivity index is 2.15. The summed E-state index contributed by atoms with van der Waals surface area (Å²) in [5, 5.41) is 8.39. The molecule has 0 amide bonds. The average Bonchev–Trinajstić information content (AvgIpc) is 2.91. The summed E-state index contributed by atoms with van der Waals surface area (Å²) in [7, 11) is 3.05. The molecular weight excluding hydrogens is 350 g/mol. The van der Waals surface area contributed by atoms with Crippen LogP contribution in [0.1, 0.15) is 35.9 Å². The Morgan fingerprint density at radius 2 is 2.18 bits per heavy atom. The second kappa shape index (κ2) is 5.81. The lowest BCUT2D eigenvalue weighted by Gasteiger charge is -2.31. The van der Waals surface area contributed by atoms with Crippen molar-refractivity contribution < 1.29 is 14.3 Å². The van der Waals surface area contributed by atoms with Crippen LogP contribution in [-0.2, 0) is 20.7 Å². The number of hydrogen-bond acceptors (Lipinski definition) is 5. The molecule has 6 nitrogen and oxygen atoms in total. The van der Waals surface area contributed by atoms with Crippen LogP contribution in [0.5, 0.6) is 0 Å². The fourth-order valence-corrected chi connectivity index (χ4v) is 3.36. The molecule has 2 heterocycles. The summed E-state index contributed by atoms with van der Waals surface area (Å²) in [6.07, 6.45) is -0.00624. The number of benzene rings is 1. The van der Waals surface area contributed by atoms with Crippen molar-refractivity contribution in [2.45, 2.75) is 25.4 Å². The van der Waals surface area contributed by atoms with Crippen molar-refractivity contribution in [1.29, 1.82) is 0 Å². The predicted molar refractivity (Wildman–Crippen MR) is 82.9 cm³/mol. The summed E-state index contributed by atoms with van der Waals surface area (Å²) in [6.45, 7) is 2.05. The van der Waals surface area contributed by atoms with Gasteiger partial charge in [-0.1, -0.05) is 28.1 Å². The van der Waals surface area contributed by atoms with Crippen LogP contribution in [0.15, 0.2) is 22.7 Å². The van der Waals surface area contributed by atoms with E-state index in [0.717, 1.165) is 21.4 Å². The van der Waals surface area contributed by atoms with E-state index in [0.29, 0.717) is 5.69 Å². The van der Waals surface area contributed by atoms with Crippen molar-refractivity contribution in [3.05, 3.63) is 39.6 Å². The van der Waals surface area contributed by atoms with E-state index >= 15 is 0 Å². The molecule has 1 aromatic carbocycles. The van der Waals surface area contributed by atoms with Crippen LogP contribution in [0.25, 0.3) is 5.69 Å². The summed E-state index contributed by atoms with van der Waals surface area (Å²) >= 11 is 3.49. The molecule has 2 atom stereocenters. The van der Waals surface area contributed by atoms with Gasteiger partial charge in [0.25, 0.3) is 0 Å². The third kappa shape index (κ3) is 2.34. The standard InChI is InChI=1S/C15H16BrN3O3/c1-8-14-11(7-13(20)21-2)17-18-19(14)12-5-4-9(16)6-10(12)15(8)22-3/h4-6,8,15H,7H2,1-3H3/t8-,15+/m0/s1. The molecule has 0 aliphatic carbocycles. The molecule has 0 radical (unpaired) electrons. The number of nitrogens with zero attached hydrogens (tertiary/aromatic N) is 3. The van der Waals surface area contributed by atoms with Gasteiger partial charge in [-0.15, -0.1) is 5.10 Å². The maximum atomic E-state index is 11.6. The zero-order valence-corrected chi connectivity index (χ0v) is 14.1. The van der Waals surface area contributed by atoms with Gasteiger partial charge in [-0.2, -0.15) is 0 Å². The van der Waals surface area contributed by atoms with Crippen molar-refractivity contribution >= 4 is 21.9 Å². The van der Waals surface area contributed by atoms with Gasteiger partial charge in [-0.05, 0) is 18.2 Å². The molecule has 2 aromatic rings. The molecule has 3 rings (SSSR count). The lowest BCUT2D eigenvalue weighted by Crippen LogP contribution is -2.24. The van der Waals surface area contributed by atoms with Gasteiger partial charge < -0.3 is 9.47 Å². The molecule has 1 aliphatic heterocycles. The van der Waals surface area contributed by atoms with Crippen molar-refractivity contribution in [1.82, 2.24) is 15.0 Å². The zero-order valence-electron chi connectivity index (χ0n) is 12.5. The van der Waals surface area contributed by atoms with E-state index in [9.17, 15) is 4.79 Å². The van der Waals surface area contributed by atoms with Gasteiger partial charge >= 0.3 is 5.97 Å². The van der Waals surface area contributed by atoms with Crippen LogP contribution in [0.2, 0.25) is 0 Å². The summed E-state index contributed by atoms with van der Waals surface area (Å²) in [5.41, 5.74) is 3.50. The van der Waals surface area contributed by atoms with Gasteiger partial charge in [-0.25, -0.2) is 4.68 Å². The van der Waals surface area contributed by atoms with E-state index in [1.165, 1.54) is 7.11 Å². The monoisotopic (exact) mass is 365 g/mol. The van der Waals surface area contributed by atoms with Gasteiger partial charge in [0.05, 0.1) is 36.7 Å². The van der Waals surface area contributed by atoms with Crippen LogP contribution in [0, 0.1) is 0 Å². The van der Waals surface area contributed by atoms with Crippen molar-refractivity contribution in [3.63, 3.8) is 0 Å². The Morgan fingerprint density at radius 3 is 2.86 bits per heavy atom. The van der Waals surface area contributed by atoms with E-state index in [2.05, 4.69) is 26.2 Å². The fourth-order valence-electron chi connectivity index (χ4n) is 2.98. The predicted octanol–water partition coefficient (Wildman–Crippen LogP) is 2.55. The molecule has 0 saturated heterocycles. The number of carbonyl (C=O) groups is 1. The van der Waals surface area contributed by atoms with Crippen LogP contribution in [-0.4, -0.2) is 35.2 Å². The number of rotatable bonds is 3. The quantitative estimate of drug-likeness (QED) is 0.782. The van der Waals surface area contributed by atoms with Crippen LogP contribution in [0.4, 0.5) is 0 Å². The number of fused-ring (bicyclic) bond motifs is 3. The van der Waals surface area contributed by atoms with E-state index in [1.54, 1.807) is 11.8 Å². The Hall–Kier alpha value is -1.73. The van der Waals surface area contributed by atoms with E-state index < -0.39 is 0 Å². The van der Waals surface area contributed by atoms with Crippen molar-refractivity contribution in [2.75, 3.05) is 14.2 Å². The fraction of sp³-hybridized carbons (Fsp3) is 0.400. The first kappa shape index (κ1) is 15.2. The molecule has 1 aromatic heterocycles. The highest BCUT2D eigenvalue weighted by molar-refractivity contribution is 9.10. The normalized spacial score (nSPS) is 19.5. The van der Waals surface area contributed by atoms with Gasteiger partial charge in [0, 0.05) is 23.1 Å². The zero-order chi connectivity index (χ0) is 15.9. The van der Waals surface area contributed by atoms with Gasteiger partial charge in [0.2, 0.25) is 0 Å². The number of ether oxygens (including phenoxy) is 2. The first-order chi connectivity index (χ1) is 10.6. The molecule has 0 fully saturated rings. The second-order valence-corrected chi connectivity index (χ2v) is 6.15. The highest BCUT2D eigenvalue weighted by Crippen LogP contribution is 2.43. The summed E-state index contributed by atoms with van der Waals surface area (Å²) in [6, 6.07) is 5.95. The van der Waals surface area contributed by atoms with Gasteiger partial charge in [0.1, 0.15) is 0 Å². The molecule has 0 bridgehead atoms. The minimum absolute atomic E-state index is 0.0291. The Labute approximate surface area is 136 Å². The van der Waals surface area contributed by atoms with E-state index in [4.69, 9.17) is 9.47 Å². The smallest absolute Gasteiger partial charge is 0.311 e. The molecule has 0 spiro atoms. The Morgan fingerprint density at radius 1 is 1.41 bits per heavy atom. The molecular formula is C15H16BrN3O3. The van der Waals surface area contributed by atoms with Gasteiger partial charge in [0.15, 0.2) is 0 Å². The molecule has 0 unspecified atom stereocenters. The van der Waals surface area contributed by atoms with Crippen LogP contribution >= 0.6 is 15.9 Å². The lowest BCUT2D eigenvalue weighted by atomic mass is 9.88. The third-order valence-corrected chi connectivity index (χ3v) is 4.48. The molecule has 22 heavy (non-hydrogen) atoms. The van der Waals surface area contributed by atoms with Gasteiger partial charge in [-0.3, -0.25) is 4.79 Å². The maximum Gasteiger partial charge on any atom is 0.311 e. The Bertz CT molecular complexity index is 729. The summed E-state index contributed by atoms with van der Waals surface area (Å²) < 4.78 is 13.2. The molecule has 0 saturated carbocycles. The summed E-state index contributed by atoms with van der Waals surface area (Å²) in [4.78, 5) is 11.6. The number of methoxy groups -OCH3 is 2. The molecule has 0 N–H and O–H groups in total. The minimum Gasteiger partial charge on any atom is -0.469 e. The number of esters is 1. The largest absolute Gasteiger partial charge is 0.469 e. The van der Waals surface area contributed by atoms with Crippen molar-refractivity contribution in [3.8, 4) is 5.69 Å². The Kier molecular flexibility index (Phi) is 4.01. The second-order valence-electron chi connectivity index (χ2n) is 5.23. The maximum absolute atomic E-state index is 11.6. The lowest BCUT2D eigenvalue weighted by molar-refractivity contribution is -0.139. The molecule has 7 heteroatoms.